The molecule has 0 saturated carbocycles. The van der Waals surface area contributed by atoms with Gasteiger partial charge in [-0.05, 0) is 44.2 Å². The van der Waals surface area contributed by atoms with Crippen molar-refractivity contribution in [3.8, 4) is 5.75 Å². The molecule has 24 heavy (non-hydrogen) atoms. The highest BCUT2D eigenvalue weighted by molar-refractivity contribution is 5.81. The van der Waals surface area contributed by atoms with Crippen LogP contribution in [0.5, 0.6) is 5.75 Å². The molecule has 5 heteroatoms. The van der Waals surface area contributed by atoms with E-state index in [1.807, 2.05) is 44.3 Å². The average Bonchev–Trinajstić information content (AvgIpc) is 3.02. The lowest BCUT2D eigenvalue weighted by molar-refractivity contribution is -0.128. The summed E-state index contributed by atoms with van der Waals surface area (Å²) in [5.41, 5.74) is 3.41. The highest BCUT2D eigenvalue weighted by Gasteiger charge is 2.20. The number of amides is 1. The van der Waals surface area contributed by atoms with Crippen molar-refractivity contribution in [2.75, 3.05) is 0 Å². The van der Waals surface area contributed by atoms with E-state index in [1.54, 1.807) is 0 Å². The number of nitrogens with zero attached hydrogens (tertiary/aromatic N) is 2. The Kier molecular flexibility index (Phi) is 5.18. The number of nitrogens with one attached hydrogen (secondary N) is 1. The van der Waals surface area contributed by atoms with E-state index in [2.05, 4.69) is 15.1 Å². The van der Waals surface area contributed by atoms with Crippen LogP contribution >= 0.6 is 0 Å². The first-order chi connectivity index (χ1) is 11.7. The highest BCUT2D eigenvalue weighted by Crippen LogP contribution is 2.20. The van der Waals surface area contributed by atoms with Gasteiger partial charge in [0, 0.05) is 24.3 Å². The van der Waals surface area contributed by atoms with E-state index >= 15 is 0 Å². The van der Waals surface area contributed by atoms with Gasteiger partial charge in [-0.25, -0.2) is 0 Å². The van der Waals surface area contributed by atoms with Crippen molar-refractivity contribution in [2.24, 2.45) is 0 Å². The zero-order valence-corrected chi connectivity index (χ0v) is 14.4. The number of carbonyl (C=O) groups excluding carboxylic acids is 1. The predicted molar refractivity (Wildman–Crippen MR) is 92.9 cm³/mol. The number of carbonyl (C=O) groups is 1. The van der Waals surface area contributed by atoms with E-state index in [4.69, 9.17) is 4.74 Å². The van der Waals surface area contributed by atoms with Crippen LogP contribution in [0.2, 0.25) is 0 Å². The molecule has 128 valence electrons. The summed E-state index contributed by atoms with van der Waals surface area (Å²) in [5.74, 6) is 0.693. The van der Waals surface area contributed by atoms with Crippen molar-refractivity contribution in [1.29, 1.82) is 0 Å². The van der Waals surface area contributed by atoms with Crippen molar-refractivity contribution in [3.05, 3.63) is 47.3 Å². The summed E-state index contributed by atoms with van der Waals surface area (Å²) < 4.78 is 7.97. The Morgan fingerprint density at radius 3 is 3.00 bits per heavy atom. The Morgan fingerprint density at radius 1 is 1.38 bits per heavy atom. The van der Waals surface area contributed by atoms with Gasteiger partial charge in [-0.3, -0.25) is 9.48 Å². The molecular formula is C19H25N3O2. The first kappa shape index (κ1) is 16.6. The van der Waals surface area contributed by atoms with Crippen molar-refractivity contribution in [2.45, 2.75) is 58.7 Å². The van der Waals surface area contributed by atoms with Gasteiger partial charge in [-0.1, -0.05) is 25.1 Å². The molecule has 5 nitrogen and oxygen atoms in total. The standard InChI is InChI=1S/C19H25N3O2/c1-3-17(24-18-10-5-4-8-14(18)2)19(23)20-12-15-13-21-22-11-7-6-9-16(15)22/h4-5,8,10,13,17H,3,6-7,9,11-12H2,1-2H3,(H,20,23). The van der Waals surface area contributed by atoms with Gasteiger partial charge in [0.25, 0.3) is 5.91 Å². The van der Waals surface area contributed by atoms with Crippen LogP contribution in [0.15, 0.2) is 30.5 Å². The number of rotatable bonds is 6. The second-order valence-electron chi connectivity index (χ2n) is 6.29. The molecule has 3 rings (SSSR count). The molecule has 1 amide bonds. The topological polar surface area (TPSA) is 56.1 Å². The third kappa shape index (κ3) is 3.61. The number of ether oxygens (including phenoxy) is 1. The fourth-order valence-corrected chi connectivity index (χ4v) is 3.09. The third-order valence-electron chi connectivity index (χ3n) is 4.55. The molecular weight excluding hydrogens is 302 g/mol. The first-order valence-electron chi connectivity index (χ1n) is 8.72. The molecule has 0 fully saturated rings. The average molecular weight is 327 g/mol. The van der Waals surface area contributed by atoms with Gasteiger partial charge in [-0.15, -0.1) is 0 Å². The summed E-state index contributed by atoms with van der Waals surface area (Å²) in [7, 11) is 0. The molecule has 0 aliphatic carbocycles. The lowest BCUT2D eigenvalue weighted by atomic mass is 10.1. The zero-order valence-electron chi connectivity index (χ0n) is 14.4. The van der Waals surface area contributed by atoms with Crippen LogP contribution in [0.4, 0.5) is 0 Å². The maximum absolute atomic E-state index is 12.5. The maximum Gasteiger partial charge on any atom is 0.261 e. The third-order valence-corrected chi connectivity index (χ3v) is 4.55. The normalized spacial score (nSPS) is 14.8. The minimum atomic E-state index is -0.475. The van der Waals surface area contributed by atoms with Crippen molar-refractivity contribution in [3.63, 3.8) is 0 Å². The zero-order chi connectivity index (χ0) is 16.9. The Bertz CT molecular complexity index is 708. The fraction of sp³-hybridized carbons (Fsp3) is 0.474. The molecule has 2 heterocycles. The van der Waals surface area contributed by atoms with Crippen LogP contribution < -0.4 is 10.1 Å². The van der Waals surface area contributed by atoms with Crippen LogP contribution in [0.25, 0.3) is 0 Å². The van der Waals surface area contributed by atoms with Gasteiger partial charge < -0.3 is 10.1 Å². The number of aryl methyl sites for hydroxylation is 2. The van der Waals surface area contributed by atoms with Crippen LogP contribution in [-0.2, 0) is 24.3 Å². The summed E-state index contributed by atoms with van der Waals surface area (Å²) in [6, 6.07) is 7.77. The number of para-hydroxylation sites is 1. The lowest BCUT2D eigenvalue weighted by Gasteiger charge is -2.19. The van der Waals surface area contributed by atoms with Gasteiger partial charge in [0.05, 0.1) is 6.20 Å². The van der Waals surface area contributed by atoms with Crippen molar-refractivity contribution >= 4 is 5.91 Å². The van der Waals surface area contributed by atoms with Gasteiger partial charge in [-0.2, -0.15) is 5.10 Å². The summed E-state index contributed by atoms with van der Waals surface area (Å²) in [6.07, 6.45) is 5.46. The molecule has 1 aliphatic rings. The van der Waals surface area contributed by atoms with Crippen LogP contribution in [0.1, 0.15) is 43.0 Å². The Labute approximate surface area is 143 Å². The predicted octanol–water partition coefficient (Wildman–Crippen LogP) is 3.00. The number of fused-ring (bicyclic) bond motifs is 1. The number of hydrogen-bond acceptors (Lipinski definition) is 3. The van der Waals surface area contributed by atoms with Gasteiger partial charge in [0.1, 0.15) is 5.75 Å². The monoisotopic (exact) mass is 327 g/mol. The molecule has 1 N–H and O–H groups in total. The first-order valence-corrected chi connectivity index (χ1v) is 8.72. The Hall–Kier alpha value is -2.30. The Morgan fingerprint density at radius 2 is 2.21 bits per heavy atom. The largest absolute Gasteiger partial charge is 0.480 e. The van der Waals surface area contributed by atoms with Crippen LogP contribution in [0.3, 0.4) is 0 Å². The molecule has 0 bridgehead atoms. The van der Waals surface area contributed by atoms with E-state index in [9.17, 15) is 4.79 Å². The van der Waals surface area contributed by atoms with Crippen LogP contribution in [0, 0.1) is 6.92 Å². The molecule has 1 atom stereocenters. The summed E-state index contributed by atoms with van der Waals surface area (Å²) in [4.78, 5) is 12.5. The minimum Gasteiger partial charge on any atom is -0.480 e. The number of hydrogen-bond donors (Lipinski definition) is 1. The molecule has 1 aliphatic heterocycles. The number of aromatic nitrogens is 2. The van der Waals surface area contributed by atoms with Gasteiger partial charge in [0.2, 0.25) is 0 Å². The maximum atomic E-state index is 12.5. The van der Waals surface area contributed by atoms with E-state index in [1.165, 1.54) is 18.5 Å². The van der Waals surface area contributed by atoms with Crippen LogP contribution in [-0.4, -0.2) is 21.8 Å². The molecule has 1 aromatic heterocycles. The molecule has 0 saturated heterocycles. The van der Waals surface area contributed by atoms with E-state index in [-0.39, 0.29) is 5.91 Å². The summed E-state index contributed by atoms with van der Waals surface area (Å²) in [6.45, 7) is 5.45. The summed E-state index contributed by atoms with van der Waals surface area (Å²) >= 11 is 0. The van der Waals surface area contributed by atoms with Crippen molar-refractivity contribution in [1.82, 2.24) is 15.1 Å². The Balaban J connectivity index is 1.61. The molecule has 2 aromatic rings. The number of benzene rings is 1. The smallest absolute Gasteiger partial charge is 0.261 e. The molecule has 1 aromatic carbocycles. The minimum absolute atomic E-state index is 0.0727. The lowest BCUT2D eigenvalue weighted by Crippen LogP contribution is -2.37. The second-order valence-corrected chi connectivity index (χ2v) is 6.29. The summed E-state index contributed by atoms with van der Waals surface area (Å²) in [5, 5.41) is 7.42. The molecule has 0 radical (unpaired) electrons. The fourth-order valence-electron chi connectivity index (χ4n) is 3.09. The quantitative estimate of drug-likeness (QED) is 0.887. The van der Waals surface area contributed by atoms with Gasteiger partial charge in [0.15, 0.2) is 6.10 Å². The van der Waals surface area contributed by atoms with E-state index < -0.39 is 6.10 Å². The van der Waals surface area contributed by atoms with Crippen molar-refractivity contribution < 1.29 is 9.53 Å². The SMILES string of the molecule is CCC(Oc1ccccc1C)C(=O)NCc1cnn2c1CCCC2. The van der Waals surface area contributed by atoms with E-state index in [0.717, 1.165) is 29.8 Å². The molecule has 0 spiro atoms. The highest BCUT2D eigenvalue weighted by atomic mass is 16.5. The van der Waals surface area contributed by atoms with Gasteiger partial charge >= 0.3 is 0 Å². The van der Waals surface area contributed by atoms with E-state index in [0.29, 0.717) is 13.0 Å². The second kappa shape index (κ2) is 7.51. The molecule has 1 unspecified atom stereocenters.